The smallest absolute Gasteiger partial charge is 0.164 e. The molecule has 0 radical (unpaired) electrons. The zero-order valence-corrected chi connectivity index (χ0v) is 18.9. The van der Waals surface area contributed by atoms with Crippen LogP contribution in [0.1, 0.15) is 25.0 Å². The first-order chi connectivity index (χ1) is 15.6. The Kier molecular flexibility index (Phi) is 9.41. The molecule has 32 heavy (non-hydrogen) atoms. The molecule has 0 spiro atoms. The van der Waals surface area contributed by atoms with E-state index >= 15 is 0 Å². The second-order valence-electron chi connectivity index (χ2n) is 7.99. The molecule has 0 amide bonds. The van der Waals surface area contributed by atoms with Crippen molar-refractivity contribution >= 4 is 0 Å². The monoisotopic (exact) mass is 435 g/mol. The minimum atomic E-state index is -0.589. The van der Waals surface area contributed by atoms with E-state index in [1.54, 1.807) is 0 Å². The molecule has 0 fully saturated rings. The van der Waals surface area contributed by atoms with Gasteiger partial charge in [0.05, 0.1) is 6.61 Å². The summed E-state index contributed by atoms with van der Waals surface area (Å²) in [5, 5.41) is 13.3. The average Bonchev–Trinajstić information content (AvgIpc) is 2.82. The van der Waals surface area contributed by atoms with Gasteiger partial charge in [-0.2, -0.15) is 0 Å². The Balaban J connectivity index is 1.63. The van der Waals surface area contributed by atoms with Gasteiger partial charge in [-0.1, -0.05) is 74.5 Å². The maximum Gasteiger partial charge on any atom is 0.164 e. The predicted molar refractivity (Wildman–Crippen MR) is 127 cm³/mol. The van der Waals surface area contributed by atoms with E-state index < -0.39 is 6.10 Å². The summed E-state index contributed by atoms with van der Waals surface area (Å²) in [6, 6.07) is 26.1. The Bertz CT molecular complexity index is 915. The van der Waals surface area contributed by atoms with Crippen LogP contribution < -0.4 is 19.5 Å². The summed E-state index contributed by atoms with van der Waals surface area (Å²) in [5.41, 5.74) is 2.30. The van der Waals surface area contributed by atoms with Crippen molar-refractivity contribution in [2.75, 3.05) is 19.8 Å². The van der Waals surface area contributed by atoms with Crippen LogP contribution in [0, 0.1) is 0 Å². The molecule has 0 aliphatic rings. The third-order valence-corrected chi connectivity index (χ3v) is 4.85. The summed E-state index contributed by atoms with van der Waals surface area (Å²) >= 11 is 0. The summed E-state index contributed by atoms with van der Waals surface area (Å²) in [7, 11) is 0. The first-order valence-corrected chi connectivity index (χ1v) is 11.1. The Morgan fingerprint density at radius 1 is 0.781 bits per heavy atom. The van der Waals surface area contributed by atoms with Gasteiger partial charge in [-0.25, -0.2) is 0 Å². The van der Waals surface area contributed by atoms with E-state index in [9.17, 15) is 5.11 Å². The van der Waals surface area contributed by atoms with Crippen LogP contribution in [-0.2, 0) is 13.0 Å². The normalized spacial score (nSPS) is 11.9. The van der Waals surface area contributed by atoms with Crippen molar-refractivity contribution in [3.05, 3.63) is 90.0 Å². The first kappa shape index (κ1) is 23.6. The fourth-order valence-electron chi connectivity index (χ4n) is 3.09. The fourth-order valence-corrected chi connectivity index (χ4v) is 3.09. The Morgan fingerprint density at radius 3 is 2.16 bits per heavy atom. The van der Waals surface area contributed by atoms with Crippen molar-refractivity contribution in [3.63, 3.8) is 0 Å². The van der Waals surface area contributed by atoms with Gasteiger partial charge in [0, 0.05) is 25.1 Å². The molecule has 0 saturated heterocycles. The highest BCUT2D eigenvalue weighted by atomic mass is 16.5. The molecule has 0 aliphatic carbocycles. The van der Waals surface area contributed by atoms with Crippen molar-refractivity contribution in [3.8, 4) is 17.2 Å². The van der Waals surface area contributed by atoms with E-state index in [1.807, 2.05) is 80.6 Å². The van der Waals surface area contributed by atoms with Gasteiger partial charge >= 0.3 is 0 Å². The van der Waals surface area contributed by atoms with Crippen LogP contribution in [-0.4, -0.2) is 37.0 Å². The predicted octanol–water partition coefficient (Wildman–Crippen LogP) is 4.62. The highest BCUT2D eigenvalue weighted by molar-refractivity contribution is 5.45. The van der Waals surface area contributed by atoms with Gasteiger partial charge in [-0.3, -0.25) is 0 Å². The van der Waals surface area contributed by atoms with E-state index in [1.165, 1.54) is 5.56 Å². The number of nitrogens with one attached hydrogen (secondary N) is 1. The van der Waals surface area contributed by atoms with Crippen molar-refractivity contribution in [2.45, 2.75) is 39.0 Å². The largest absolute Gasteiger partial charge is 0.491 e. The fraction of sp³-hybridized carbons (Fsp3) is 0.333. The van der Waals surface area contributed by atoms with Crippen LogP contribution >= 0.6 is 0 Å². The summed E-state index contributed by atoms with van der Waals surface area (Å²) in [6.07, 6.45) is 0.206. The molecule has 0 bridgehead atoms. The van der Waals surface area contributed by atoms with E-state index in [0.717, 1.165) is 12.0 Å². The first-order valence-electron chi connectivity index (χ1n) is 11.1. The lowest BCUT2D eigenvalue weighted by Crippen LogP contribution is -2.35. The van der Waals surface area contributed by atoms with Crippen molar-refractivity contribution < 1.29 is 19.3 Å². The average molecular weight is 436 g/mol. The Morgan fingerprint density at radius 2 is 1.47 bits per heavy atom. The molecule has 0 aliphatic heterocycles. The quantitative estimate of drug-likeness (QED) is 0.410. The molecule has 0 saturated carbocycles. The van der Waals surface area contributed by atoms with Crippen molar-refractivity contribution in [1.82, 2.24) is 5.32 Å². The van der Waals surface area contributed by atoms with Crippen LogP contribution in [0.15, 0.2) is 78.9 Å². The van der Waals surface area contributed by atoms with Gasteiger partial charge < -0.3 is 24.6 Å². The third kappa shape index (κ3) is 8.25. The van der Waals surface area contributed by atoms with E-state index in [0.29, 0.717) is 43.0 Å². The summed E-state index contributed by atoms with van der Waals surface area (Å²) in [5.74, 6) is 1.93. The van der Waals surface area contributed by atoms with Gasteiger partial charge in [-0.15, -0.1) is 0 Å². The zero-order chi connectivity index (χ0) is 22.6. The molecule has 0 unspecified atom stereocenters. The lowest BCUT2D eigenvalue weighted by molar-refractivity contribution is 0.104. The second-order valence-corrected chi connectivity index (χ2v) is 7.99. The summed E-state index contributed by atoms with van der Waals surface area (Å²) < 4.78 is 17.9. The molecule has 0 heterocycles. The third-order valence-electron chi connectivity index (χ3n) is 4.85. The molecule has 3 aromatic carbocycles. The zero-order valence-electron chi connectivity index (χ0n) is 18.9. The van der Waals surface area contributed by atoms with Crippen LogP contribution in [0.2, 0.25) is 0 Å². The number of hydrogen-bond acceptors (Lipinski definition) is 5. The molecule has 1 atom stereocenters. The molecule has 5 heteroatoms. The Labute approximate surface area is 191 Å². The molecule has 170 valence electrons. The standard InChI is InChI=1S/C27H33NO4/c1-21(2)28-18-24(29)20-31-25-13-14-26(32-19-23-11-7-4-8-12-23)27(17-25)30-16-15-22-9-5-3-6-10-22/h3-14,17,21,24,28-29H,15-16,18-20H2,1-2H3/t24-/m1/s1. The van der Waals surface area contributed by atoms with Crippen LogP contribution in [0.5, 0.6) is 17.2 Å². The van der Waals surface area contributed by atoms with Crippen LogP contribution in [0.4, 0.5) is 0 Å². The van der Waals surface area contributed by atoms with Gasteiger partial charge in [0.2, 0.25) is 0 Å². The number of benzene rings is 3. The lowest BCUT2D eigenvalue weighted by atomic mass is 10.2. The van der Waals surface area contributed by atoms with Crippen LogP contribution in [0.3, 0.4) is 0 Å². The van der Waals surface area contributed by atoms with Gasteiger partial charge in [0.25, 0.3) is 0 Å². The maximum absolute atomic E-state index is 10.1. The second kappa shape index (κ2) is 12.7. The highest BCUT2D eigenvalue weighted by Crippen LogP contribution is 2.32. The number of hydrogen-bond donors (Lipinski definition) is 2. The van der Waals surface area contributed by atoms with E-state index in [4.69, 9.17) is 14.2 Å². The lowest BCUT2D eigenvalue weighted by Gasteiger charge is -2.17. The minimum Gasteiger partial charge on any atom is -0.491 e. The topological polar surface area (TPSA) is 60.0 Å². The number of aliphatic hydroxyl groups excluding tert-OH is 1. The van der Waals surface area contributed by atoms with Gasteiger partial charge in [-0.05, 0) is 23.3 Å². The van der Waals surface area contributed by atoms with Crippen molar-refractivity contribution in [2.24, 2.45) is 0 Å². The summed E-state index contributed by atoms with van der Waals surface area (Å²) in [4.78, 5) is 0. The molecule has 3 aromatic rings. The molecular weight excluding hydrogens is 402 g/mol. The highest BCUT2D eigenvalue weighted by Gasteiger charge is 2.11. The van der Waals surface area contributed by atoms with Crippen molar-refractivity contribution in [1.29, 1.82) is 0 Å². The summed E-state index contributed by atoms with van der Waals surface area (Å²) in [6.45, 7) is 5.75. The molecule has 3 rings (SSSR count). The number of rotatable bonds is 13. The molecule has 0 aromatic heterocycles. The van der Waals surface area contributed by atoms with Gasteiger partial charge in [0.15, 0.2) is 11.5 Å². The van der Waals surface area contributed by atoms with E-state index in [2.05, 4.69) is 17.4 Å². The molecule has 2 N–H and O–H groups in total. The SMILES string of the molecule is CC(C)NC[C@@H](O)COc1ccc(OCc2ccccc2)c(OCCc2ccccc2)c1. The number of ether oxygens (including phenoxy) is 3. The van der Waals surface area contributed by atoms with Crippen LogP contribution in [0.25, 0.3) is 0 Å². The minimum absolute atomic E-state index is 0.202. The molecular formula is C27H33NO4. The maximum atomic E-state index is 10.1. The Hall–Kier alpha value is -3.02. The van der Waals surface area contributed by atoms with E-state index in [-0.39, 0.29) is 6.61 Å². The molecule has 5 nitrogen and oxygen atoms in total. The number of aliphatic hydroxyl groups is 1. The van der Waals surface area contributed by atoms with Gasteiger partial charge in [0.1, 0.15) is 25.1 Å².